The molecule has 0 spiro atoms. The number of halogens is 1. The Hall–Kier alpha value is -3.23. The largest absolute Gasteiger partial charge is 0.353 e. The van der Waals surface area contributed by atoms with Gasteiger partial charge in [0.05, 0.1) is 0 Å². The first-order valence-corrected chi connectivity index (χ1v) is 10.1. The molecule has 1 aliphatic rings. The van der Waals surface area contributed by atoms with Crippen molar-refractivity contribution >= 4 is 17.4 Å². The Morgan fingerprint density at radius 3 is 2.60 bits per heavy atom. The van der Waals surface area contributed by atoms with E-state index in [1.54, 1.807) is 24.5 Å². The lowest BCUT2D eigenvalue weighted by Crippen LogP contribution is -2.39. The average Bonchev–Trinajstić information content (AvgIpc) is 3.02. The van der Waals surface area contributed by atoms with Crippen molar-refractivity contribution < 1.29 is 9.18 Å². The first kappa shape index (κ1) is 20.1. The summed E-state index contributed by atoms with van der Waals surface area (Å²) in [4.78, 5) is 31.7. The van der Waals surface area contributed by atoms with Crippen LogP contribution in [0.5, 0.6) is 0 Å². The SMILES string of the molecule is C[C@@H]1C[C@H](C)CN(c2nccn3c(=O)n(CC(=O)NCc4ccc(F)cc4)nc23)C1. The normalized spacial score (nSPS) is 19.2. The lowest BCUT2D eigenvalue weighted by atomic mass is 9.92. The number of nitrogens with one attached hydrogen (secondary N) is 1. The summed E-state index contributed by atoms with van der Waals surface area (Å²) in [5, 5.41) is 7.13. The van der Waals surface area contributed by atoms with Gasteiger partial charge in [0.1, 0.15) is 12.4 Å². The van der Waals surface area contributed by atoms with E-state index in [9.17, 15) is 14.0 Å². The third-order valence-electron chi connectivity index (χ3n) is 5.35. The fourth-order valence-electron chi connectivity index (χ4n) is 4.09. The molecule has 8 nitrogen and oxygen atoms in total. The highest BCUT2D eigenvalue weighted by atomic mass is 19.1. The molecular formula is C21H25FN6O2. The maximum absolute atomic E-state index is 13.0. The van der Waals surface area contributed by atoms with Gasteiger partial charge in [-0.25, -0.2) is 23.3 Å². The molecule has 0 bridgehead atoms. The van der Waals surface area contributed by atoms with Gasteiger partial charge in [0.2, 0.25) is 11.6 Å². The highest BCUT2D eigenvalue weighted by Gasteiger charge is 2.25. The van der Waals surface area contributed by atoms with Crippen LogP contribution < -0.4 is 15.9 Å². The molecule has 0 saturated carbocycles. The van der Waals surface area contributed by atoms with Crippen molar-refractivity contribution in [1.82, 2.24) is 24.5 Å². The molecule has 1 amide bonds. The predicted molar refractivity (Wildman–Crippen MR) is 111 cm³/mol. The third kappa shape index (κ3) is 4.19. The fourth-order valence-corrected chi connectivity index (χ4v) is 4.09. The zero-order valence-electron chi connectivity index (χ0n) is 17.1. The van der Waals surface area contributed by atoms with Crippen LogP contribution in [0, 0.1) is 17.7 Å². The number of hydrogen-bond acceptors (Lipinski definition) is 5. The quantitative estimate of drug-likeness (QED) is 0.691. The molecule has 0 aliphatic carbocycles. The van der Waals surface area contributed by atoms with Crippen LogP contribution in [0.25, 0.3) is 5.65 Å². The molecule has 0 unspecified atom stereocenters. The molecule has 9 heteroatoms. The van der Waals surface area contributed by atoms with Crippen LogP contribution in [0.15, 0.2) is 41.5 Å². The molecule has 30 heavy (non-hydrogen) atoms. The number of anilines is 1. The minimum atomic E-state index is -0.385. The number of aromatic nitrogens is 4. The maximum Gasteiger partial charge on any atom is 0.350 e. The van der Waals surface area contributed by atoms with Crippen LogP contribution in [0.2, 0.25) is 0 Å². The van der Waals surface area contributed by atoms with Crippen molar-refractivity contribution in [2.24, 2.45) is 11.8 Å². The smallest absolute Gasteiger partial charge is 0.350 e. The summed E-state index contributed by atoms with van der Waals surface area (Å²) in [5.41, 5.74) is 0.839. The number of nitrogens with zero attached hydrogens (tertiary/aromatic N) is 5. The standard InChI is InChI=1S/C21H25FN6O2/c1-14-9-15(2)12-26(11-14)19-20-25-28(21(30)27(20)8-7-23-19)13-18(29)24-10-16-3-5-17(22)6-4-16/h3-8,14-15H,9-13H2,1-2H3,(H,24,29)/t14-,15+. The van der Waals surface area contributed by atoms with Gasteiger partial charge in [-0.2, -0.15) is 0 Å². The molecule has 3 aromatic rings. The van der Waals surface area contributed by atoms with Crippen molar-refractivity contribution in [1.29, 1.82) is 0 Å². The van der Waals surface area contributed by atoms with Crippen molar-refractivity contribution in [2.75, 3.05) is 18.0 Å². The van der Waals surface area contributed by atoms with Crippen LogP contribution in [-0.4, -0.2) is 38.2 Å². The summed E-state index contributed by atoms with van der Waals surface area (Å²) in [6, 6.07) is 5.88. The van der Waals surface area contributed by atoms with Crippen molar-refractivity contribution in [3.8, 4) is 0 Å². The molecular weight excluding hydrogens is 387 g/mol. The number of hydrogen-bond donors (Lipinski definition) is 1. The highest BCUT2D eigenvalue weighted by Crippen LogP contribution is 2.26. The van der Waals surface area contributed by atoms with E-state index < -0.39 is 0 Å². The molecule has 4 rings (SSSR count). The molecule has 1 saturated heterocycles. The summed E-state index contributed by atoms with van der Waals surface area (Å²) in [6.07, 6.45) is 4.32. The molecule has 2 atom stereocenters. The Bertz CT molecular complexity index is 1100. The van der Waals surface area contributed by atoms with E-state index >= 15 is 0 Å². The Kier molecular flexibility index (Phi) is 5.52. The molecule has 1 aromatic carbocycles. The van der Waals surface area contributed by atoms with Gasteiger partial charge in [0.25, 0.3) is 0 Å². The van der Waals surface area contributed by atoms with Gasteiger partial charge in [-0.15, -0.1) is 5.10 Å². The molecule has 3 heterocycles. The number of fused-ring (bicyclic) bond motifs is 1. The number of carbonyl (C=O) groups is 1. The van der Waals surface area contributed by atoms with E-state index in [4.69, 9.17) is 0 Å². The van der Waals surface area contributed by atoms with E-state index in [1.807, 2.05) is 0 Å². The molecule has 0 radical (unpaired) electrons. The number of benzene rings is 1. The second-order valence-electron chi connectivity index (χ2n) is 8.14. The first-order valence-electron chi connectivity index (χ1n) is 10.1. The Balaban J connectivity index is 1.52. The summed E-state index contributed by atoms with van der Waals surface area (Å²) >= 11 is 0. The van der Waals surface area contributed by atoms with Crippen molar-refractivity contribution in [2.45, 2.75) is 33.4 Å². The molecule has 1 N–H and O–H groups in total. The monoisotopic (exact) mass is 412 g/mol. The minimum Gasteiger partial charge on any atom is -0.353 e. The van der Waals surface area contributed by atoms with Gasteiger partial charge < -0.3 is 10.2 Å². The zero-order valence-corrected chi connectivity index (χ0v) is 17.1. The lowest BCUT2D eigenvalue weighted by molar-refractivity contribution is -0.122. The van der Waals surface area contributed by atoms with Gasteiger partial charge in [-0.1, -0.05) is 26.0 Å². The van der Waals surface area contributed by atoms with Gasteiger partial charge >= 0.3 is 5.69 Å². The van der Waals surface area contributed by atoms with E-state index in [-0.39, 0.29) is 30.5 Å². The minimum absolute atomic E-state index is 0.200. The van der Waals surface area contributed by atoms with E-state index in [2.05, 4.69) is 34.1 Å². The van der Waals surface area contributed by atoms with E-state index in [1.165, 1.54) is 16.5 Å². The summed E-state index contributed by atoms with van der Waals surface area (Å²) in [7, 11) is 0. The average molecular weight is 412 g/mol. The second kappa shape index (κ2) is 8.25. The van der Waals surface area contributed by atoms with Crippen LogP contribution in [0.3, 0.4) is 0 Å². The third-order valence-corrected chi connectivity index (χ3v) is 5.35. The Morgan fingerprint density at radius 2 is 1.90 bits per heavy atom. The summed E-state index contributed by atoms with van der Waals surface area (Å²) < 4.78 is 15.6. The van der Waals surface area contributed by atoms with Gasteiger partial charge in [0.15, 0.2) is 5.82 Å². The summed E-state index contributed by atoms with van der Waals surface area (Å²) in [6.45, 7) is 6.18. The number of carbonyl (C=O) groups excluding carboxylic acids is 1. The predicted octanol–water partition coefficient (Wildman–Crippen LogP) is 1.83. The van der Waals surface area contributed by atoms with Crippen LogP contribution in [-0.2, 0) is 17.9 Å². The number of piperidine rings is 1. The molecule has 1 fully saturated rings. The fraction of sp³-hybridized carbons (Fsp3) is 0.429. The Labute approximate surface area is 173 Å². The highest BCUT2D eigenvalue weighted by molar-refractivity contribution is 5.75. The Morgan fingerprint density at radius 1 is 1.20 bits per heavy atom. The second-order valence-corrected chi connectivity index (χ2v) is 8.14. The van der Waals surface area contributed by atoms with Gasteiger partial charge in [0, 0.05) is 32.0 Å². The van der Waals surface area contributed by atoms with Gasteiger partial charge in [-0.3, -0.25) is 4.79 Å². The number of rotatable bonds is 5. The lowest BCUT2D eigenvalue weighted by Gasteiger charge is -2.35. The molecule has 2 aromatic heterocycles. The van der Waals surface area contributed by atoms with Crippen molar-refractivity contribution in [3.63, 3.8) is 0 Å². The van der Waals surface area contributed by atoms with Gasteiger partial charge in [-0.05, 0) is 36.0 Å². The van der Waals surface area contributed by atoms with Crippen LogP contribution >= 0.6 is 0 Å². The zero-order chi connectivity index (χ0) is 21.3. The van der Waals surface area contributed by atoms with Crippen molar-refractivity contribution in [3.05, 3.63) is 58.5 Å². The molecule has 1 aliphatic heterocycles. The van der Waals surface area contributed by atoms with Crippen LogP contribution in [0.4, 0.5) is 10.2 Å². The van der Waals surface area contributed by atoms with E-state index in [0.29, 0.717) is 23.3 Å². The van der Waals surface area contributed by atoms with E-state index in [0.717, 1.165) is 29.8 Å². The molecule has 158 valence electrons. The maximum atomic E-state index is 13.0. The summed E-state index contributed by atoms with van der Waals surface area (Å²) in [5.74, 6) is 1.05. The topological polar surface area (TPSA) is 84.5 Å². The van der Waals surface area contributed by atoms with Crippen LogP contribution in [0.1, 0.15) is 25.8 Å². The first-order chi connectivity index (χ1) is 14.4. The number of amides is 1.